The average molecular weight is 307 g/mol. The molecule has 2 N–H and O–H groups in total. The van der Waals surface area contributed by atoms with Crippen LogP contribution >= 0.6 is 0 Å². The number of benzene rings is 1. The molecule has 1 aromatic carbocycles. The second kappa shape index (κ2) is 6.84. The Morgan fingerprint density at radius 1 is 1.29 bits per heavy atom. The number of anilines is 1. The monoisotopic (exact) mass is 307 g/mol. The van der Waals surface area contributed by atoms with E-state index in [1.165, 1.54) is 0 Å². The second-order valence-electron chi connectivity index (χ2n) is 5.42. The molecule has 0 saturated carbocycles. The first-order valence-electron chi connectivity index (χ1n) is 6.15. The number of hydrogen-bond donors (Lipinski definition) is 2. The molecule has 1 aliphatic heterocycles. The summed E-state index contributed by atoms with van der Waals surface area (Å²) in [6.45, 7) is 5.97. The van der Waals surface area contributed by atoms with Gasteiger partial charge in [-0.3, -0.25) is 4.79 Å². The van der Waals surface area contributed by atoms with Crippen molar-refractivity contribution in [2.24, 2.45) is 5.41 Å². The van der Waals surface area contributed by atoms with E-state index in [1.807, 2.05) is 0 Å². The maximum atomic E-state index is 12.0. The Bertz CT molecular complexity index is 570. The number of nitrogens with one attached hydrogen (secondary N) is 1. The summed E-state index contributed by atoms with van der Waals surface area (Å²) in [6, 6.07) is 3.16. The van der Waals surface area contributed by atoms with Crippen LogP contribution in [0.5, 0.6) is 11.5 Å². The van der Waals surface area contributed by atoms with E-state index in [9.17, 15) is 13.6 Å². The summed E-state index contributed by atoms with van der Waals surface area (Å²) in [6.07, 6.45) is 0. The molecule has 0 spiro atoms. The molecule has 0 aliphatic carbocycles. The van der Waals surface area contributed by atoms with Crippen molar-refractivity contribution in [3.05, 3.63) is 12.1 Å². The van der Waals surface area contributed by atoms with Crippen molar-refractivity contribution < 1.29 is 23.0 Å². The summed E-state index contributed by atoms with van der Waals surface area (Å²) in [5, 5.41) is 2.65. The quantitative estimate of drug-likeness (QED) is 0.637. The number of ether oxygens (including phenoxy) is 2. The first-order valence-corrected chi connectivity index (χ1v) is 7.26. The van der Waals surface area contributed by atoms with E-state index >= 15 is 0 Å². The van der Waals surface area contributed by atoms with Crippen LogP contribution in [0.2, 0.25) is 0 Å². The Morgan fingerprint density at radius 3 is 2.48 bits per heavy atom. The first-order chi connectivity index (χ1) is 9.30. The van der Waals surface area contributed by atoms with E-state index in [2.05, 4.69) is 5.32 Å². The summed E-state index contributed by atoms with van der Waals surface area (Å²) in [4.78, 5) is 12.0. The second-order valence-corrected chi connectivity index (χ2v) is 6.33. The van der Waals surface area contributed by atoms with Crippen LogP contribution in [0, 0.1) is 5.41 Å². The van der Waals surface area contributed by atoms with E-state index in [-0.39, 0.29) is 41.1 Å². The molecule has 0 aromatic heterocycles. The summed E-state index contributed by atoms with van der Waals surface area (Å²) >= 11 is -2.29. The van der Waals surface area contributed by atoms with Crippen LogP contribution < -0.4 is 14.8 Å². The van der Waals surface area contributed by atoms with Gasteiger partial charge in [-0.05, 0) is 12.1 Å². The predicted octanol–water partition coefficient (Wildman–Crippen LogP) is 1.37. The molecule has 1 unspecified atom stereocenters. The van der Waals surface area contributed by atoms with E-state index in [0.717, 1.165) is 0 Å². The van der Waals surface area contributed by atoms with Crippen molar-refractivity contribution in [3.8, 4) is 11.5 Å². The number of amides is 1. The Balaban J connectivity index is 0.00000220. The SMILES string of the molecule is CC(C)(C)C(=O)Nc1ccc2c(c1S(=O)O)OCCO2.[LiH]. The van der Waals surface area contributed by atoms with Gasteiger partial charge in [0.05, 0.1) is 5.69 Å². The minimum atomic E-state index is -2.29. The fourth-order valence-corrected chi connectivity index (χ4v) is 2.30. The predicted molar refractivity (Wildman–Crippen MR) is 81.7 cm³/mol. The molecule has 1 heterocycles. The summed E-state index contributed by atoms with van der Waals surface area (Å²) in [5.41, 5.74) is -0.350. The Labute approximate surface area is 138 Å². The van der Waals surface area contributed by atoms with Crippen molar-refractivity contribution >= 4 is 41.5 Å². The summed E-state index contributed by atoms with van der Waals surface area (Å²) < 4.78 is 31.8. The van der Waals surface area contributed by atoms with Gasteiger partial charge >= 0.3 is 18.9 Å². The Morgan fingerprint density at radius 2 is 1.90 bits per heavy atom. The van der Waals surface area contributed by atoms with Crippen LogP contribution in [0.4, 0.5) is 5.69 Å². The normalized spacial score (nSPS) is 14.9. The molecule has 21 heavy (non-hydrogen) atoms. The van der Waals surface area contributed by atoms with E-state index in [1.54, 1.807) is 32.9 Å². The van der Waals surface area contributed by atoms with Crippen molar-refractivity contribution in [2.45, 2.75) is 25.7 Å². The number of carbonyl (C=O) groups excluding carboxylic acids is 1. The molecule has 1 atom stereocenters. The molecule has 1 aliphatic rings. The first kappa shape index (κ1) is 18.0. The molecule has 0 bridgehead atoms. The molecular formula is C13H18LiNO5S. The van der Waals surface area contributed by atoms with Gasteiger partial charge in [-0.1, -0.05) is 20.8 Å². The molecule has 6 nitrogen and oxygen atoms in total. The van der Waals surface area contributed by atoms with Gasteiger partial charge in [0.15, 0.2) is 22.6 Å². The number of hydrogen-bond acceptors (Lipinski definition) is 4. The molecule has 0 saturated heterocycles. The van der Waals surface area contributed by atoms with Crippen LogP contribution in [0.15, 0.2) is 17.0 Å². The van der Waals surface area contributed by atoms with E-state index in [0.29, 0.717) is 19.0 Å². The van der Waals surface area contributed by atoms with Crippen LogP contribution in [-0.4, -0.2) is 46.7 Å². The van der Waals surface area contributed by atoms with Crippen molar-refractivity contribution in [1.82, 2.24) is 0 Å². The average Bonchev–Trinajstić information content (AvgIpc) is 2.36. The van der Waals surface area contributed by atoms with Gasteiger partial charge in [0.2, 0.25) is 5.91 Å². The molecule has 0 fully saturated rings. The summed E-state index contributed by atoms with van der Waals surface area (Å²) in [7, 11) is 0. The summed E-state index contributed by atoms with van der Waals surface area (Å²) in [5.74, 6) is 0.368. The molecule has 112 valence electrons. The Hall–Kier alpha value is -1.00. The molecule has 1 amide bonds. The van der Waals surface area contributed by atoms with Crippen molar-refractivity contribution in [1.29, 1.82) is 0 Å². The van der Waals surface area contributed by atoms with Gasteiger partial charge in [-0.2, -0.15) is 0 Å². The van der Waals surface area contributed by atoms with Crippen molar-refractivity contribution in [3.63, 3.8) is 0 Å². The zero-order valence-corrected chi connectivity index (χ0v) is 12.4. The van der Waals surface area contributed by atoms with Crippen LogP contribution in [0.3, 0.4) is 0 Å². The van der Waals surface area contributed by atoms with Crippen LogP contribution in [0.1, 0.15) is 20.8 Å². The maximum absolute atomic E-state index is 12.0. The van der Waals surface area contributed by atoms with E-state index in [4.69, 9.17) is 9.47 Å². The zero-order chi connectivity index (χ0) is 14.9. The van der Waals surface area contributed by atoms with Gasteiger partial charge in [-0.25, -0.2) is 4.21 Å². The Kier molecular flexibility index (Phi) is 5.88. The topological polar surface area (TPSA) is 84.9 Å². The van der Waals surface area contributed by atoms with E-state index < -0.39 is 16.5 Å². The third-order valence-electron chi connectivity index (χ3n) is 2.77. The van der Waals surface area contributed by atoms with Gasteiger partial charge in [0, 0.05) is 5.41 Å². The third-order valence-corrected chi connectivity index (χ3v) is 3.52. The molecule has 8 heteroatoms. The van der Waals surface area contributed by atoms with Crippen LogP contribution in [0.25, 0.3) is 0 Å². The molecule has 1 aromatic rings. The van der Waals surface area contributed by atoms with Crippen LogP contribution in [-0.2, 0) is 15.9 Å². The third kappa shape index (κ3) is 4.01. The fraction of sp³-hybridized carbons (Fsp3) is 0.462. The fourth-order valence-electron chi connectivity index (χ4n) is 1.67. The molecule has 2 rings (SSSR count). The van der Waals surface area contributed by atoms with Crippen molar-refractivity contribution in [2.75, 3.05) is 18.5 Å². The van der Waals surface area contributed by atoms with Gasteiger partial charge in [0.25, 0.3) is 0 Å². The molecule has 0 radical (unpaired) electrons. The van der Waals surface area contributed by atoms with Gasteiger partial charge in [-0.15, -0.1) is 0 Å². The number of carbonyl (C=O) groups is 1. The van der Waals surface area contributed by atoms with Gasteiger partial charge in [0.1, 0.15) is 18.1 Å². The zero-order valence-electron chi connectivity index (χ0n) is 11.6. The van der Waals surface area contributed by atoms with Gasteiger partial charge < -0.3 is 19.3 Å². The number of fused-ring (bicyclic) bond motifs is 1. The number of rotatable bonds is 2. The minimum absolute atomic E-state index is 0. The molecular weight excluding hydrogens is 289 g/mol. The standard InChI is InChI=1S/C13H17NO5S.Li.H/c1-13(2,3)12(15)14-8-4-5-9-10(11(8)20(16)17)19-7-6-18-9;;/h4-5H,6-7H2,1-3H3,(H,14,15)(H,16,17);;.